The van der Waals surface area contributed by atoms with Gasteiger partial charge in [-0.3, -0.25) is 9.78 Å². The molecule has 1 aromatic heterocycles. The Bertz CT molecular complexity index is 899. The Balaban J connectivity index is 2.08. The van der Waals surface area contributed by atoms with Crippen molar-refractivity contribution >= 4 is 23.1 Å². The maximum Gasteiger partial charge on any atom is 0.164 e. The maximum absolute atomic E-state index is 14.1. The monoisotopic (exact) mass is 354 g/mol. The molecule has 0 spiro atoms. The van der Waals surface area contributed by atoms with E-state index < -0.39 is 5.82 Å². The van der Waals surface area contributed by atoms with Gasteiger partial charge in [0.1, 0.15) is 5.82 Å². The Morgan fingerprint density at radius 1 is 1.12 bits per heavy atom. The standard InChI is InChI=1S/C20H16ClFN2O/c1-13(25)19-16(22)8-5-10-17(19)24-20(18-9-2-3-11-23-18)14-6-4-7-15(21)12-14/h2-12,20,24H,1H3. The lowest BCUT2D eigenvalue weighted by Gasteiger charge is -2.22. The molecule has 0 saturated heterocycles. The van der Waals surface area contributed by atoms with Gasteiger partial charge in [0.2, 0.25) is 0 Å². The van der Waals surface area contributed by atoms with E-state index in [0.29, 0.717) is 10.7 Å². The molecule has 1 unspecified atom stereocenters. The first-order chi connectivity index (χ1) is 12.1. The number of nitrogens with zero attached hydrogens (tertiary/aromatic N) is 1. The van der Waals surface area contributed by atoms with Crippen LogP contribution in [0.3, 0.4) is 0 Å². The minimum absolute atomic E-state index is 0.0328. The summed E-state index contributed by atoms with van der Waals surface area (Å²) in [5.74, 6) is -0.894. The minimum Gasteiger partial charge on any atom is -0.372 e. The minimum atomic E-state index is -0.552. The predicted molar refractivity (Wildman–Crippen MR) is 97.6 cm³/mol. The Morgan fingerprint density at radius 3 is 2.60 bits per heavy atom. The summed E-state index contributed by atoms with van der Waals surface area (Å²) < 4.78 is 14.1. The van der Waals surface area contributed by atoms with Crippen LogP contribution < -0.4 is 5.32 Å². The molecule has 1 N–H and O–H groups in total. The van der Waals surface area contributed by atoms with E-state index in [1.165, 1.54) is 13.0 Å². The van der Waals surface area contributed by atoms with Crippen molar-refractivity contribution in [1.29, 1.82) is 0 Å². The molecule has 0 aliphatic rings. The number of ketones is 1. The summed E-state index contributed by atoms with van der Waals surface area (Å²) in [6.07, 6.45) is 1.69. The van der Waals surface area contributed by atoms with Gasteiger partial charge in [-0.15, -0.1) is 0 Å². The summed E-state index contributed by atoms with van der Waals surface area (Å²) >= 11 is 6.12. The largest absolute Gasteiger partial charge is 0.372 e. The molecule has 3 aromatic rings. The number of carbonyl (C=O) groups excluding carboxylic acids is 1. The van der Waals surface area contributed by atoms with E-state index in [0.717, 1.165) is 11.3 Å². The van der Waals surface area contributed by atoms with E-state index in [9.17, 15) is 9.18 Å². The molecule has 0 aliphatic carbocycles. The molecule has 2 aromatic carbocycles. The summed E-state index contributed by atoms with van der Waals surface area (Å²) in [6.45, 7) is 1.35. The number of nitrogens with one attached hydrogen (secondary N) is 1. The van der Waals surface area contributed by atoms with E-state index in [1.54, 1.807) is 24.4 Å². The molecule has 1 atom stereocenters. The van der Waals surface area contributed by atoms with Gasteiger partial charge in [-0.1, -0.05) is 35.9 Å². The fourth-order valence-electron chi connectivity index (χ4n) is 2.72. The average molecular weight is 355 g/mol. The third-order valence-corrected chi connectivity index (χ3v) is 4.07. The third-order valence-electron chi connectivity index (χ3n) is 3.83. The zero-order chi connectivity index (χ0) is 17.8. The van der Waals surface area contributed by atoms with E-state index in [1.807, 2.05) is 36.4 Å². The third kappa shape index (κ3) is 3.86. The average Bonchev–Trinajstić information content (AvgIpc) is 2.60. The SMILES string of the molecule is CC(=O)c1c(F)cccc1NC(c1cccc(Cl)c1)c1ccccn1. The molecule has 0 fully saturated rings. The van der Waals surface area contributed by atoms with Crippen molar-refractivity contribution in [2.75, 3.05) is 5.32 Å². The van der Waals surface area contributed by atoms with Gasteiger partial charge < -0.3 is 5.32 Å². The van der Waals surface area contributed by atoms with Gasteiger partial charge in [0.25, 0.3) is 0 Å². The second-order valence-electron chi connectivity index (χ2n) is 5.61. The van der Waals surface area contributed by atoms with Crippen LogP contribution in [0.15, 0.2) is 66.9 Å². The van der Waals surface area contributed by atoms with Gasteiger partial charge in [0.05, 0.1) is 17.3 Å². The molecule has 3 rings (SSSR count). The first-order valence-electron chi connectivity index (χ1n) is 7.78. The lowest BCUT2D eigenvalue weighted by Crippen LogP contribution is -2.16. The Kier molecular flexibility index (Phi) is 5.10. The fourth-order valence-corrected chi connectivity index (χ4v) is 2.92. The zero-order valence-corrected chi connectivity index (χ0v) is 14.3. The predicted octanol–water partition coefficient (Wildman–Crippen LogP) is 5.28. The van der Waals surface area contributed by atoms with Gasteiger partial charge >= 0.3 is 0 Å². The lowest BCUT2D eigenvalue weighted by atomic mass is 10.0. The van der Waals surface area contributed by atoms with E-state index in [2.05, 4.69) is 10.3 Å². The van der Waals surface area contributed by atoms with Crippen LogP contribution in [-0.4, -0.2) is 10.8 Å². The molecular weight excluding hydrogens is 339 g/mol. The fraction of sp³-hybridized carbons (Fsp3) is 0.100. The summed E-state index contributed by atoms with van der Waals surface area (Å²) in [6, 6.07) is 17.1. The van der Waals surface area contributed by atoms with Gasteiger partial charge in [0, 0.05) is 16.9 Å². The van der Waals surface area contributed by atoms with Gasteiger partial charge in [-0.05, 0) is 48.9 Å². The smallest absolute Gasteiger partial charge is 0.164 e. The number of anilines is 1. The van der Waals surface area contributed by atoms with Crippen LogP contribution >= 0.6 is 11.6 Å². The molecule has 3 nitrogen and oxygen atoms in total. The molecule has 0 bridgehead atoms. The molecule has 5 heteroatoms. The van der Waals surface area contributed by atoms with Crippen LogP contribution in [0.25, 0.3) is 0 Å². The molecule has 1 heterocycles. The number of hydrogen-bond donors (Lipinski definition) is 1. The van der Waals surface area contributed by atoms with E-state index in [-0.39, 0.29) is 17.4 Å². The van der Waals surface area contributed by atoms with Crippen molar-refractivity contribution in [2.45, 2.75) is 13.0 Å². The number of halogens is 2. The van der Waals surface area contributed by atoms with Crippen molar-refractivity contribution in [3.05, 3.63) is 94.5 Å². The summed E-state index contributed by atoms with van der Waals surface area (Å²) in [4.78, 5) is 16.3. The Labute approximate surface area is 150 Å². The van der Waals surface area contributed by atoms with E-state index >= 15 is 0 Å². The highest BCUT2D eigenvalue weighted by Gasteiger charge is 2.20. The molecule has 25 heavy (non-hydrogen) atoms. The topological polar surface area (TPSA) is 42.0 Å². The number of carbonyl (C=O) groups is 1. The van der Waals surface area contributed by atoms with Crippen molar-refractivity contribution < 1.29 is 9.18 Å². The highest BCUT2D eigenvalue weighted by Crippen LogP contribution is 2.29. The van der Waals surface area contributed by atoms with Crippen LogP contribution in [0.2, 0.25) is 5.02 Å². The number of hydrogen-bond acceptors (Lipinski definition) is 3. The summed E-state index contributed by atoms with van der Waals surface area (Å²) in [5.41, 5.74) is 2.06. The summed E-state index contributed by atoms with van der Waals surface area (Å²) in [5, 5.41) is 3.84. The molecule has 0 saturated carbocycles. The number of pyridine rings is 1. The molecule has 0 radical (unpaired) electrons. The Hall–Kier alpha value is -2.72. The molecule has 0 amide bonds. The van der Waals surface area contributed by atoms with Crippen LogP contribution in [0.4, 0.5) is 10.1 Å². The summed E-state index contributed by atoms with van der Waals surface area (Å²) in [7, 11) is 0. The van der Waals surface area contributed by atoms with Crippen LogP contribution in [0.1, 0.15) is 34.6 Å². The number of Topliss-reactive ketones (excluding diaryl/α,β-unsaturated/α-hetero) is 1. The van der Waals surface area contributed by atoms with Crippen LogP contribution in [-0.2, 0) is 0 Å². The number of rotatable bonds is 5. The van der Waals surface area contributed by atoms with Crippen LogP contribution in [0, 0.1) is 5.82 Å². The normalized spacial score (nSPS) is 11.8. The van der Waals surface area contributed by atoms with Crippen molar-refractivity contribution in [2.24, 2.45) is 0 Å². The Morgan fingerprint density at radius 2 is 1.92 bits per heavy atom. The lowest BCUT2D eigenvalue weighted by molar-refractivity contribution is 0.101. The second kappa shape index (κ2) is 7.45. The maximum atomic E-state index is 14.1. The molecule has 0 aliphatic heterocycles. The first kappa shape index (κ1) is 17.1. The number of benzene rings is 2. The van der Waals surface area contributed by atoms with Gasteiger partial charge in [-0.25, -0.2) is 4.39 Å². The quantitative estimate of drug-likeness (QED) is 0.634. The van der Waals surface area contributed by atoms with Crippen LogP contribution in [0.5, 0.6) is 0 Å². The second-order valence-corrected chi connectivity index (χ2v) is 6.04. The van der Waals surface area contributed by atoms with Crippen molar-refractivity contribution in [3.63, 3.8) is 0 Å². The number of aromatic nitrogens is 1. The van der Waals surface area contributed by atoms with E-state index in [4.69, 9.17) is 11.6 Å². The first-order valence-corrected chi connectivity index (χ1v) is 8.16. The van der Waals surface area contributed by atoms with Crippen molar-refractivity contribution in [1.82, 2.24) is 4.98 Å². The molecular formula is C20H16ClFN2O. The highest BCUT2D eigenvalue weighted by molar-refractivity contribution is 6.30. The highest BCUT2D eigenvalue weighted by atomic mass is 35.5. The molecule has 126 valence electrons. The van der Waals surface area contributed by atoms with Crippen molar-refractivity contribution in [3.8, 4) is 0 Å². The van der Waals surface area contributed by atoms with Gasteiger partial charge in [-0.2, -0.15) is 0 Å². The van der Waals surface area contributed by atoms with Gasteiger partial charge in [0.15, 0.2) is 5.78 Å². The zero-order valence-electron chi connectivity index (χ0n) is 13.5.